The summed E-state index contributed by atoms with van der Waals surface area (Å²) in [5.74, 6) is 2.81. The molecule has 3 aromatic carbocycles. The Hall–Kier alpha value is -2.76. The van der Waals surface area contributed by atoms with E-state index in [4.69, 9.17) is 4.74 Å². The Kier molecular flexibility index (Phi) is 10.3. The molecule has 0 heterocycles. The van der Waals surface area contributed by atoms with Gasteiger partial charge in [-0.05, 0) is 74.4 Å². The Bertz CT molecular complexity index is 975. The van der Waals surface area contributed by atoms with Gasteiger partial charge < -0.3 is 15.0 Å². The molecule has 1 N–H and O–H groups in total. The van der Waals surface area contributed by atoms with Crippen molar-refractivity contribution in [3.05, 3.63) is 90.0 Å². The van der Waals surface area contributed by atoms with Gasteiger partial charge in [-0.2, -0.15) is 11.8 Å². The predicted octanol–water partition coefficient (Wildman–Crippen LogP) is 5.74. The minimum Gasteiger partial charge on any atom is -0.493 e. The lowest BCUT2D eigenvalue weighted by atomic mass is 10.0. The maximum Gasteiger partial charge on any atom is 0.251 e. The Morgan fingerprint density at radius 2 is 1.70 bits per heavy atom. The zero-order chi connectivity index (χ0) is 23.3. The standard InChI is InChI=1S/C28H34N2O2S/c1-30(2)18-7-6-17-29-28(31)26-10-8-9-25(21-26)24-15-13-23(14-16-24)22-33-20-19-32-27-11-4-3-5-12-27/h3-5,8-16,21H,6-7,17-20,22H2,1-2H3,(H,29,31). The molecule has 0 aliphatic rings. The molecule has 174 valence electrons. The second-order valence-corrected chi connectivity index (χ2v) is 9.36. The van der Waals surface area contributed by atoms with Crippen LogP contribution in [0.3, 0.4) is 0 Å². The minimum atomic E-state index is -0.00700. The molecule has 0 saturated heterocycles. The summed E-state index contributed by atoms with van der Waals surface area (Å²) in [4.78, 5) is 14.7. The van der Waals surface area contributed by atoms with Gasteiger partial charge in [0, 0.05) is 23.6 Å². The van der Waals surface area contributed by atoms with Gasteiger partial charge >= 0.3 is 0 Å². The SMILES string of the molecule is CN(C)CCCCNC(=O)c1cccc(-c2ccc(CSCCOc3ccccc3)cc2)c1. The van der Waals surface area contributed by atoms with Gasteiger partial charge in [-0.1, -0.05) is 54.6 Å². The van der Waals surface area contributed by atoms with E-state index in [1.807, 2.05) is 60.3 Å². The van der Waals surface area contributed by atoms with Gasteiger partial charge in [0.1, 0.15) is 5.75 Å². The van der Waals surface area contributed by atoms with Gasteiger partial charge in [0.15, 0.2) is 0 Å². The Morgan fingerprint density at radius 1 is 0.909 bits per heavy atom. The van der Waals surface area contributed by atoms with Crippen molar-refractivity contribution in [3.63, 3.8) is 0 Å². The van der Waals surface area contributed by atoms with E-state index in [-0.39, 0.29) is 5.91 Å². The normalized spacial score (nSPS) is 10.9. The highest BCUT2D eigenvalue weighted by Gasteiger charge is 2.07. The molecule has 33 heavy (non-hydrogen) atoms. The van der Waals surface area contributed by atoms with Gasteiger partial charge in [0.05, 0.1) is 6.61 Å². The van der Waals surface area contributed by atoms with Gasteiger partial charge in [0.2, 0.25) is 0 Å². The van der Waals surface area contributed by atoms with Gasteiger partial charge in [0.25, 0.3) is 5.91 Å². The molecule has 0 aliphatic carbocycles. The van der Waals surface area contributed by atoms with Gasteiger partial charge in [-0.3, -0.25) is 4.79 Å². The average Bonchev–Trinajstić information content (AvgIpc) is 2.84. The molecule has 0 aromatic heterocycles. The number of hydrogen-bond acceptors (Lipinski definition) is 4. The molecule has 0 radical (unpaired) electrons. The average molecular weight is 463 g/mol. The Balaban J connectivity index is 1.43. The fourth-order valence-corrected chi connectivity index (χ4v) is 4.19. The van der Waals surface area contributed by atoms with Crippen LogP contribution >= 0.6 is 11.8 Å². The van der Waals surface area contributed by atoms with Crippen molar-refractivity contribution in [2.75, 3.05) is 39.5 Å². The maximum absolute atomic E-state index is 12.5. The molecule has 5 heteroatoms. The van der Waals surface area contributed by atoms with E-state index in [1.54, 1.807) is 0 Å². The topological polar surface area (TPSA) is 41.6 Å². The zero-order valence-corrected chi connectivity index (χ0v) is 20.4. The molecule has 3 aromatic rings. The number of benzene rings is 3. The first-order valence-electron chi connectivity index (χ1n) is 11.5. The van der Waals surface area contributed by atoms with E-state index in [2.05, 4.69) is 54.6 Å². The third kappa shape index (κ3) is 8.95. The van der Waals surface area contributed by atoms with Crippen LogP contribution in [0.1, 0.15) is 28.8 Å². The minimum absolute atomic E-state index is 0.00700. The predicted molar refractivity (Wildman–Crippen MR) is 140 cm³/mol. The second kappa shape index (κ2) is 13.7. The van der Waals surface area contributed by atoms with E-state index in [0.717, 1.165) is 47.8 Å². The number of carbonyl (C=O) groups is 1. The van der Waals surface area contributed by atoms with Crippen molar-refractivity contribution in [3.8, 4) is 16.9 Å². The maximum atomic E-state index is 12.5. The summed E-state index contributed by atoms with van der Waals surface area (Å²) in [5, 5.41) is 3.03. The fourth-order valence-electron chi connectivity index (χ4n) is 3.42. The van der Waals surface area contributed by atoms with E-state index >= 15 is 0 Å². The summed E-state index contributed by atoms with van der Waals surface area (Å²) in [6.45, 7) is 2.46. The molecule has 0 atom stereocenters. The zero-order valence-electron chi connectivity index (χ0n) is 19.6. The number of para-hydroxylation sites is 1. The highest BCUT2D eigenvalue weighted by atomic mass is 32.2. The summed E-state index contributed by atoms with van der Waals surface area (Å²) in [5.41, 5.74) is 4.18. The highest BCUT2D eigenvalue weighted by Crippen LogP contribution is 2.23. The summed E-state index contributed by atoms with van der Waals surface area (Å²) < 4.78 is 5.74. The summed E-state index contributed by atoms with van der Waals surface area (Å²) >= 11 is 1.87. The quantitative estimate of drug-likeness (QED) is 0.329. The lowest BCUT2D eigenvalue weighted by Gasteiger charge is -2.10. The number of unbranched alkanes of at least 4 members (excludes halogenated alkanes) is 1. The van der Waals surface area contributed by atoms with Crippen molar-refractivity contribution in [2.45, 2.75) is 18.6 Å². The largest absolute Gasteiger partial charge is 0.493 e. The lowest BCUT2D eigenvalue weighted by molar-refractivity contribution is 0.0953. The van der Waals surface area contributed by atoms with Crippen molar-refractivity contribution in [1.29, 1.82) is 0 Å². The molecule has 0 saturated carbocycles. The summed E-state index contributed by atoms with van der Waals surface area (Å²) in [6.07, 6.45) is 2.07. The Labute approximate surface area is 202 Å². The van der Waals surface area contributed by atoms with Crippen LogP contribution in [0.5, 0.6) is 5.75 Å². The third-order valence-electron chi connectivity index (χ3n) is 5.24. The number of ether oxygens (including phenoxy) is 1. The number of amides is 1. The van der Waals surface area contributed by atoms with Crippen molar-refractivity contribution >= 4 is 17.7 Å². The molecule has 0 unspecified atom stereocenters. The van der Waals surface area contributed by atoms with Crippen molar-refractivity contribution in [1.82, 2.24) is 10.2 Å². The number of thioether (sulfide) groups is 1. The van der Waals surface area contributed by atoms with Crippen molar-refractivity contribution < 1.29 is 9.53 Å². The summed E-state index contributed by atoms with van der Waals surface area (Å²) in [7, 11) is 4.13. The first-order valence-corrected chi connectivity index (χ1v) is 12.7. The van der Waals surface area contributed by atoms with Gasteiger partial charge in [-0.15, -0.1) is 0 Å². The van der Waals surface area contributed by atoms with E-state index < -0.39 is 0 Å². The first kappa shape index (κ1) is 24.9. The number of nitrogens with one attached hydrogen (secondary N) is 1. The second-order valence-electron chi connectivity index (χ2n) is 8.26. The molecule has 0 bridgehead atoms. The molecule has 1 amide bonds. The van der Waals surface area contributed by atoms with Crippen LogP contribution in [0.25, 0.3) is 11.1 Å². The molecule has 0 aliphatic heterocycles. The first-order chi connectivity index (χ1) is 16.1. The molecule has 4 nitrogen and oxygen atoms in total. The molecule has 0 spiro atoms. The molecular formula is C28H34N2O2S. The number of carbonyl (C=O) groups excluding carboxylic acids is 1. The number of rotatable bonds is 13. The van der Waals surface area contributed by atoms with E-state index in [1.165, 1.54) is 5.56 Å². The fraction of sp³-hybridized carbons (Fsp3) is 0.321. The number of nitrogens with zero attached hydrogens (tertiary/aromatic N) is 1. The monoisotopic (exact) mass is 462 g/mol. The number of hydrogen-bond donors (Lipinski definition) is 1. The van der Waals surface area contributed by atoms with Crippen LogP contribution in [0.2, 0.25) is 0 Å². The van der Waals surface area contributed by atoms with Crippen LogP contribution in [-0.2, 0) is 5.75 Å². The van der Waals surface area contributed by atoms with Gasteiger partial charge in [-0.25, -0.2) is 0 Å². The molecule has 0 fully saturated rings. The van der Waals surface area contributed by atoms with Crippen LogP contribution < -0.4 is 10.1 Å². The van der Waals surface area contributed by atoms with Crippen LogP contribution in [-0.4, -0.2) is 50.4 Å². The summed E-state index contributed by atoms with van der Waals surface area (Å²) in [6, 6.07) is 26.4. The molecule has 3 rings (SSSR count). The lowest BCUT2D eigenvalue weighted by Crippen LogP contribution is -2.25. The van der Waals surface area contributed by atoms with Crippen LogP contribution in [0, 0.1) is 0 Å². The molecular weight excluding hydrogens is 428 g/mol. The Morgan fingerprint density at radius 3 is 2.45 bits per heavy atom. The van der Waals surface area contributed by atoms with Crippen molar-refractivity contribution in [2.24, 2.45) is 0 Å². The van der Waals surface area contributed by atoms with Crippen LogP contribution in [0.15, 0.2) is 78.9 Å². The van der Waals surface area contributed by atoms with Crippen LogP contribution in [0.4, 0.5) is 0 Å². The van der Waals surface area contributed by atoms with E-state index in [9.17, 15) is 4.79 Å². The smallest absolute Gasteiger partial charge is 0.251 e. The third-order valence-corrected chi connectivity index (χ3v) is 6.23. The van der Waals surface area contributed by atoms with E-state index in [0.29, 0.717) is 18.7 Å². The highest BCUT2D eigenvalue weighted by molar-refractivity contribution is 7.98.